The number of amides is 1. The third kappa shape index (κ3) is 3.95. The third-order valence-corrected chi connectivity index (χ3v) is 5.34. The van der Waals surface area contributed by atoms with Gasteiger partial charge < -0.3 is 14.9 Å². The fourth-order valence-corrected chi connectivity index (χ4v) is 3.79. The van der Waals surface area contributed by atoms with Gasteiger partial charge in [-0.05, 0) is 36.2 Å². The number of nitrogens with zero attached hydrogens (tertiary/aromatic N) is 3. The van der Waals surface area contributed by atoms with Crippen molar-refractivity contribution in [3.63, 3.8) is 0 Å². The van der Waals surface area contributed by atoms with E-state index >= 15 is 0 Å². The number of benzene rings is 2. The fraction of sp³-hybridized carbons (Fsp3) is 0.227. The van der Waals surface area contributed by atoms with Crippen LogP contribution < -0.4 is 14.9 Å². The lowest BCUT2D eigenvalue weighted by Crippen LogP contribution is -2.50. The first-order valence-electron chi connectivity index (χ1n) is 9.45. The molecule has 2 aromatic rings. The molecule has 1 unspecified atom stereocenters. The van der Waals surface area contributed by atoms with Gasteiger partial charge in [0, 0.05) is 12.6 Å². The first-order valence-corrected chi connectivity index (χ1v) is 9.83. The van der Waals surface area contributed by atoms with E-state index in [0.717, 1.165) is 11.3 Å². The number of rotatable bonds is 6. The molecular weight excluding hydrogens is 404 g/mol. The molecule has 0 bridgehead atoms. The molecule has 2 aliphatic rings. The summed E-state index contributed by atoms with van der Waals surface area (Å²) in [4.78, 5) is 22.7. The molecule has 2 aliphatic heterocycles. The van der Waals surface area contributed by atoms with Crippen molar-refractivity contribution in [3.8, 4) is 17.6 Å². The first-order chi connectivity index (χ1) is 14.6. The number of ether oxygens (including phenoxy) is 1. The average Bonchev–Trinajstić information content (AvgIpc) is 3.17. The van der Waals surface area contributed by atoms with Gasteiger partial charge in [-0.2, -0.15) is 5.26 Å². The number of para-hydroxylation sites is 1. The van der Waals surface area contributed by atoms with Crippen LogP contribution in [0.4, 0.5) is 0 Å². The quantitative estimate of drug-likeness (QED) is 0.769. The van der Waals surface area contributed by atoms with Gasteiger partial charge >= 0.3 is 0 Å². The molecule has 2 aromatic carbocycles. The first kappa shape index (κ1) is 19.8. The van der Waals surface area contributed by atoms with Gasteiger partial charge in [0.05, 0.1) is 23.5 Å². The van der Waals surface area contributed by atoms with E-state index in [1.807, 2.05) is 36.4 Å². The maximum Gasteiger partial charge on any atom is 0.221 e. The van der Waals surface area contributed by atoms with Gasteiger partial charge in [-0.1, -0.05) is 35.9 Å². The monoisotopic (exact) mass is 422 g/mol. The molecule has 0 spiro atoms. The van der Waals surface area contributed by atoms with Crippen molar-refractivity contribution in [2.75, 3.05) is 13.2 Å². The van der Waals surface area contributed by atoms with E-state index < -0.39 is 5.54 Å². The van der Waals surface area contributed by atoms with Crippen molar-refractivity contribution < 1.29 is 14.4 Å². The second-order valence-electron chi connectivity index (χ2n) is 6.90. The summed E-state index contributed by atoms with van der Waals surface area (Å²) in [6.45, 7) is 0.289. The van der Waals surface area contributed by atoms with Gasteiger partial charge in [0.1, 0.15) is 17.4 Å². The molecule has 0 radical (unpaired) electrons. The Morgan fingerprint density at radius 2 is 2.13 bits per heavy atom. The Hall–Kier alpha value is -3.50. The third-order valence-electron chi connectivity index (χ3n) is 5.02. The highest BCUT2D eigenvalue weighted by atomic mass is 35.5. The molecule has 152 valence electrons. The standard InChI is InChI=1S/C22H19ClN4O3/c23-18-6-1-2-7-19(18)30-27-12-11-25-20(15-27)22(9-8-21(28)26-22)16-4-3-5-17(14-16)29-13-10-24/h1-7,11-12,14H,8-9,13,15H2,(H,26,28). The van der Waals surface area contributed by atoms with Crippen LogP contribution in [0.5, 0.6) is 11.5 Å². The number of hydroxylamine groups is 2. The van der Waals surface area contributed by atoms with Gasteiger partial charge in [0.2, 0.25) is 5.91 Å². The van der Waals surface area contributed by atoms with Crippen molar-refractivity contribution in [2.24, 2.45) is 4.99 Å². The number of hydrogen-bond donors (Lipinski definition) is 1. The van der Waals surface area contributed by atoms with E-state index in [0.29, 0.717) is 35.9 Å². The Morgan fingerprint density at radius 3 is 2.90 bits per heavy atom. The lowest BCUT2D eigenvalue weighted by atomic mass is 9.83. The molecule has 4 rings (SSSR count). The van der Waals surface area contributed by atoms with E-state index in [4.69, 9.17) is 26.4 Å². The van der Waals surface area contributed by atoms with Crippen LogP contribution in [0, 0.1) is 11.3 Å². The van der Waals surface area contributed by atoms with Gasteiger partial charge in [-0.3, -0.25) is 9.79 Å². The molecule has 1 amide bonds. The molecule has 2 heterocycles. The minimum Gasteiger partial charge on any atom is -0.479 e. The SMILES string of the molecule is N#CCOc1cccc(C2(C3=NC=CN(Oc4ccccc4Cl)C3)CCC(=O)N2)c1. The van der Waals surface area contributed by atoms with Gasteiger partial charge in [0.25, 0.3) is 0 Å². The normalized spacial score (nSPS) is 20.3. The van der Waals surface area contributed by atoms with Crippen molar-refractivity contribution in [1.29, 1.82) is 5.26 Å². The molecule has 0 saturated carbocycles. The van der Waals surface area contributed by atoms with E-state index in [-0.39, 0.29) is 12.5 Å². The van der Waals surface area contributed by atoms with E-state index in [1.54, 1.807) is 35.7 Å². The van der Waals surface area contributed by atoms with Crippen LogP contribution in [0.3, 0.4) is 0 Å². The number of carbonyl (C=O) groups excluding carboxylic acids is 1. The van der Waals surface area contributed by atoms with Crippen molar-refractivity contribution in [3.05, 3.63) is 71.5 Å². The predicted molar refractivity (Wildman–Crippen MR) is 112 cm³/mol. The second-order valence-corrected chi connectivity index (χ2v) is 7.31. The van der Waals surface area contributed by atoms with Crippen molar-refractivity contribution in [2.45, 2.75) is 18.4 Å². The number of halogens is 1. The maximum absolute atomic E-state index is 12.2. The molecule has 1 saturated heterocycles. The largest absolute Gasteiger partial charge is 0.479 e. The molecule has 1 N–H and O–H groups in total. The minimum atomic E-state index is -0.782. The van der Waals surface area contributed by atoms with E-state index in [1.165, 1.54) is 0 Å². The van der Waals surface area contributed by atoms with Crippen LogP contribution in [0.15, 0.2) is 65.9 Å². The maximum atomic E-state index is 12.2. The highest BCUT2D eigenvalue weighted by Gasteiger charge is 2.45. The van der Waals surface area contributed by atoms with Crippen LogP contribution in [-0.2, 0) is 10.3 Å². The van der Waals surface area contributed by atoms with Crippen molar-refractivity contribution >= 4 is 23.2 Å². The summed E-state index contributed by atoms with van der Waals surface area (Å²) in [5.74, 6) is 1.04. The van der Waals surface area contributed by atoms with E-state index in [9.17, 15) is 4.79 Å². The highest BCUT2D eigenvalue weighted by Crippen LogP contribution is 2.36. The van der Waals surface area contributed by atoms with Crippen LogP contribution in [0.1, 0.15) is 18.4 Å². The highest BCUT2D eigenvalue weighted by molar-refractivity contribution is 6.32. The lowest BCUT2D eigenvalue weighted by molar-refractivity contribution is -0.119. The van der Waals surface area contributed by atoms with Gasteiger partial charge in [-0.25, -0.2) is 5.06 Å². The zero-order chi connectivity index (χ0) is 21.0. The molecule has 0 aromatic heterocycles. The lowest BCUT2D eigenvalue weighted by Gasteiger charge is -2.35. The van der Waals surface area contributed by atoms with Crippen LogP contribution in [0.25, 0.3) is 0 Å². The predicted octanol–water partition coefficient (Wildman–Crippen LogP) is 3.57. The summed E-state index contributed by atoms with van der Waals surface area (Å²) in [6, 6.07) is 16.5. The van der Waals surface area contributed by atoms with Gasteiger partial charge in [0.15, 0.2) is 12.4 Å². The Labute approximate surface area is 179 Å². The molecule has 30 heavy (non-hydrogen) atoms. The number of nitriles is 1. The number of hydrogen-bond acceptors (Lipinski definition) is 6. The Bertz CT molecular complexity index is 1060. The Kier molecular flexibility index (Phi) is 5.59. The second kappa shape index (κ2) is 8.47. The van der Waals surface area contributed by atoms with Gasteiger partial charge in [-0.15, -0.1) is 0 Å². The summed E-state index contributed by atoms with van der Waals surface area (Å²) in [5, 5.41) is 14.0. The van der Waals surface area contributed by atoms with Crippen LogP contribution >= 0.6 is 11.6 Å². The average molecular weight is 423 g/mol. The molecule has 1 atom stereocenters. The molecular formula is C22H19ClN4O3. The summed E-state index contributed by atoms with van der Waals surface area (Å²) in [5.41, 5.74) is 0.798. The summed E-state index contributed by atoms with van der Waals surface area (Å²) in [7, 11) is 0. The molecule has 7 nitrogen and oxygen atoms in total. The molecule has 8 heteroatoms. The smallest absolute Gasteiger partial charge is 0.221 e. The number of nitrogens with one attached hydrogen (secondary N) is 1. The van der Waals surface area contributed by atoms with Crippen LogP contribution in [0.2, 0.25) is 5.02 Å². The number of carbonyl (C=O) groups is 1. The minimum absolute atomic E-state index is 0.0471. The summed E-state index contributed by atoms with van der Waals surface area (Å²) in [6.07, 6.45) is 4.29. The van der Waals surface area contributed by atoms with Crippen molar-refractivity contribution in [1.82, 2.24) is 10.4 Å². The topological polar surface area (TPSA) is 86.9 Å². The Balaban J connectivity index is 1.62. The molecule has 0 aliphatic carbocycles. The van der Waals surface area contributed by atoms with Crippen LogP contribution in [-0.4, -0.2) is 29.8 Å². The zero-order valence-corrected chi connectivity index (χ0v) is 16.8. The Morgan fingerprint density at radius 1 is 1.27 bits per heavy atom. The summed E-state index contributed by atoms with van der Waals surface area (Å²) < 4.78 is 5.45. The van der Waals surface area contributed by atoms with E-state index in [2.05, 4.69) is 10.3 Å². The molecule has 1 fully saturated rings. The summed E-state index contributed by atoms with van der Waals surface area (Å²) >= 11 is 6.21. The fourth-order valence-electron chi connectivity index (χ4n) is 3.62. The number of aliphatic imine (C=N–C) groups is 1. The zero-order valence-electron chi connectivity index (χ0n) is 16.0.